The number of benzene rings is 1. The summed E-state index contributed by atoms with van der Waals surface area (Å²) in [6, 6.07) is 9.28. The van der Waals surface area contributed by atoms with Crippen LogP contribution in [0, 0.1) is 0 Å². The summed E-state index contributed by atoms with van der Waals surface area (Å²) in [5.41, 5.74) is 2.50. The third-order valence-corrected chi connectivity index (χ3v) is 4.64. The van der Waals surface area contributed by atoms with Gasteiger partial charge in [-0.2, -0.15) is 0 Å². The second-order valence-electron chi connectivity index (χ2n) is 6.30. The van der Waals surface area contributed by atoms with E-state index in [2.05, 4.69) is 20.3 Å². The molecule has 7 heteroatoms. The first-order valence-corrected chi connectivity index (χ1v) is 9.07. The van der Waals surface area contributed by atoms with Crippen molar-refractivity contribution >= 4 is 23.2 Å². The summed E-state index contributed by atoms with van der Waals surface area (Å²) < 4.78 is 6.03. The molecule has 1 saturated carbocycles. The minimum Gasteiger partial charge on any atom is -0.474 e. The molecule has 2 heterocycles. The lowest BCUT2D eigenvalue weighted by atomic mass is 9.96. The molecule has 2 aromatic heterocycles. The van der Waals surface area contributed by atoms with E-state index < -0.39 is 0 Å². The molecule has 0 radical (unpaired) electrons. The van der Waals surface area contributed by atoms with E-state index in [0.29, 0.717) is 16.6 Å². The predicted molar refractivity (Wildman–Crippen MR) is 103 cm³/mol. The predicted octanol–water partition coefficient (Wildman–Crippen LogP) is 4.38. The Balaban J connectivity index is 1.64. The van der Waals surface area contributed by atoms with Crippen LogP contribution < -0.4 is 10.1 Å². The minimum absolute atomic E-state index is 0.198. The molecule has 0 saturated heterocycles. The van der Waals surface area contributed by atoms with Crippen molar-refractivity contribution in [1.29, 1.82) is 0 Å². The molecule has 0 bridgehead atoms. The summed E-state index contributed by atoms with van der Waals surface area (Å²) in [5, 5.41) is 3.46. The van der Waals surface area contributed by atoms with Crippen molar-refractivity contribution in [3.05, 3.63) is 65.8 Å². The summed E-state index contributed by atoms with van der Waals surface area (Å²) in [7, 11) is 0. The smallest absolute Gasteiger partial charge is 0.275 e. The number of anilines is 1. The Bertz CT molecular complexity index is 944. The van der Waals surface area contributed by atoms with Crippen LogP contribution in [-0.4, -0.2) is 27.0 Å². The fourth-order valence-corrected chi connectivity index (χ4v) is 2.83. The van der Waals surface area contributed by atoms with Crippen LogP contribution >= 0.6 is 11.6 Å². The number of nitrogens with zero attached hydrogens (tertiary/aromatic N) is 3. The molecule has 6 nitrogen and oxygen atoms in total. The fraction of sp³-hybridized carbons (Fsp3) is 0.200. The highest BCUT2D eigenvalue weighted by Gasteiger charge is 2.22. The molecule has 4 rings (SSSR count). The van der Waals surface area contributed by atoms with Crippen molar-refractivity contribution in [1.82, 2.24) is 15.0 Å². The highest BCUT2D eigenvalue weighted by Crippen LogP contribution is 2.34. The number of pyridine rings is 1. The second-order valence-corrected chi connectivity index (χ2v) is 6.74. The van der Waals surface area contributed by atoms with Gasteiger partial charge in [0.15, 0.2) is 0 Å². The van der Waals surface area contributed by atoms with Crippen LogP contribution in [0.25, 0.3) is 11.1 Å². The van der Waals surface area contributed by atoms with Gasteiger partial charge in [0.05, 0.1) is 18.1 Å². The first kappa shape index (κ1) is 17.4. The SMILES string of the molecule is O=C(Nc1cnc(OC2CCC2)c(-c2ccc(Cl)cc2)c1)c1cnccn1. The number of ether oxygens (including phenoxy) is 1. The number of hydrogen-bond acceptors (Lipinski definition) is 5. The highest BCUT2D eigenvalue weighted by atomic mass is 35.5. The number of hydrogen-bond donors (Lipinski definition) is 1. The van der Waals surface area contributed by atoms with Crippen molar-refractivity contribution < 1.29 is 9.53 Å². The Morgan fingerprint density at radius 1 is 1.11 bits per heavy atom. The summed E-state index contributed by atoms with van der Waals surface area (Å²) in [4.78, 5) is 24.7. The van der Waals surface area contributed by atoms with Gasteiger partial charge in [-0.25, -0.2) is 9.97 Å². The van der Waals surface area contributed by atoms with Gasteiger partial charge in [0.2, 0.25) is 5.88 Å². The molecule has 0 spiro atoms. The zero-order valence-corrected chi connectivity index (χ0v) is 15.2. The summed E-state index contributed by atoms with van der Waals surface area (Å²) in [5.74, 6) is 0.208. The Morgan fingerprint density at radius 2 is 1.93 bits per heavy atom. The Morgan fingerprint density at radius 3 is 2.59 bits per heavy atom. The minimum atomic E-state index is -0.348. The van der Waals surface area contributed by atoms with Crippen LogP contribution in [0.5, 0.6) is 5.88 Å². The first-order valence-electron chi connectivity index (χ1n) is 8.69. The van der Waals surface area contributed by atoms with Gasteiger partial charge in [0.1, 0.15) is 11.8 Å². The molecule has 0 aliphatic heterocycles. The zero-order chi connectivity index (χ0) is 18.6. The molecule has 1 aliphatic carbocycles. The largest absolute Gasteiger partial charge is 0.474 e. The average molecular weight is 381 g/mol. The maximum atomic E-state index is 12.3. The molecular weight excluding hydrogens is 364 g/mol. The molecule has 1 aliphatic rings. The van der Waals surface area contributed by atoms with E-state index in [1.807, 2.05) is 30.3 Å². The summed E-state index contributed by atoms with van der Waals surface area (Å²) >= 11 is 6.01. The highest BCUT2D eigenvalue weighted by molar-refractivity contribution is 6.30. The lowest BCUT2D eigenvalue weighted by Gasteiger charge is -2.27. The molecule has 1 aromatic carbocycles. The first-order chi connectivity index (χ1) is 13.2. The Kier molecular flexibility index (Phi) is 4.98. The van der Waals surface area contributed by atoms with Crippen molar-refractivity contribution in [2.45, 2.75) is 25.4 Å². The van der Waals surface area contributed by atoms with Gasteiger partial charge in [-0.3, -0.25) is 9.78 Å². The number of nitrogens with one attached hydrogen (secondary N) is 1. The number of aromatic nitrogens is 3. The third-order valence-electron chi connectivity index (χ3n) is 4.39. The number of amides is 1. The van der Waals surface area contributed by atoms with Crippen LogP contribution in [-0.2, 0) is 0 Å². The van der Waals surface area contributed by atoms with Gasteiger partial charge in [0.25, 0.3) is 5.91 Å². The summed E-state index contributed by atoms with van der Waals surface area (Å²) in [6.07, 6.45) is 9.43. The van der Waals surface area contributed by atoms with Gasteiger partial charge >= 0.3 is 0 Å². The Labute approximate surface area is 161 Å². The maximum Gasteiger partial charge on any atom is 0.275 e. The maximum absolute atomic E-state index is 12.3. The third kappa shape index (κ3) is 4.06. The molecule has 3 aromatic rings. The van der Waals surface area contributed by atoms with Crippen molar-refractivity contribution in [3.8, 4) is 17.0 Å². The molecule has 1 N–H and O–H groups in total. The van der Waals surface area contributed by atoms with E-state index >= 15 is 0 Å². The molecule has 136 valence electrons. The standard InChI is InChI=1S/C20H17ClN4O2/c21-14-6-4-13(5-7-14)17-10-15(11-24-20(17)27-16-2-1-3-16)25-19(26)18-12-22-8-9-23-18/h4-12,16H,1-3H2,(H,25,26). The normalized spacial score (nSPS) is 13.7. The van der Waals surface area contributed by atoms with Gasteiger partial charge in [-0.15, -0.1) is 0 Å². The number of carbonyl (C=O) groups excluding carboxylic acids is 1. The van der Waals surface area contributed by atoms with Crippen LogP contribution in [0.1, 0.15) is 29.8 Å². The topological polar surface area (TPSA) is 77.0 Å². The monoisotopic (exact) mass is 380 g/mol. The van der Waals surface area contributed by atoms with E-state index in [4.69, 9.17) is 16.3 Å². The van der Waals surface area contributed by atoms with Gasteiger partial charge in [0, 0.05) is 23.0 Å². The molecule has 0 unspecified atom stereocenters. The number of carbonyl (C=O) groups is 1. The van der Waals surface area contributed by atoms with Crippen LogP contribution in [0.2, 0.25) is 5.02 Å². The molecular formula is C20H17ClN4O2. The average Bonchev–Trinajstić information content (AvgIpc) is 2.67. The van der Waals surface area contributed by atoms with Gasteiger partial charge in [-0.1, -0.05) is 23.7 Å². The lowest BCUT2D eigenvalue weighted by molar-refractivity contribution is 0.102. The van der Waals surface area contributed by atoms with Crippen molar-refractivity contribution in [2.75, 3.05) is 5.32 Å². The van der Waals surface area contributed by atoms with E-state index in [1.54, 1.807) is 6.20 Å². The lowest BCUT2D eigenvalue weighted by Crippen LogP contribution is -2.25. The van der Waals surface area contributed by atoms with E-state index in [9.17, 15) is 4.79 Å². The van der Waals surface area contributed by atoms with E-state index in [-0.39, 0.29) is 17.7 Å². The quantitative estimate of drug-likeness (QED) is 0.710. The summed E-state index contributed by atoms with van der Waals surface area (Å²) in [6.45, 7) is 0. The second kappa shape index (κ2) is 7.72. The van der Waals surface area contributed by atoms with Crippen molar-refractivity contribution in [3.63, 3.8) is 0 Å². The molecule has 27 heavy (non-hydrogen) atoms. The molecule has 1 amide bonds. The van der Waals surface area contributed by atoms with Gasteiger partial charge < -0.3 is 10.1 Å². The van der Waals surface area contributed by atoms with Crippen LogP contribution in [0.15, 0.2) is 55.1 Å². The van der Waals surface area contributed by atoms with E-state index in [1.165, 1.54) is 25.0 Å². The molecule has 1 fully saturated rings. The molecule has 0 atom stereocenters. The van der Waals surface area contributed by atoms with Gasteiger partial charge in [-0.05, 0) is 43.0 Å². The zero-order valence-electron chi connectivity index (χ0n) is 14.4. The van der Waals surface area contributed by atoms with Crippen molar-refractivity contribution in [2.24, 2.45) is 0 Å². The number of rotatable bonds is 5. The van der Waals surface area contributed by atoms with Crippen LogP contribution in [0.4, 0.5) is 5.69 Å². The number of halogens is 1. The van der Waals surface area contributed by atoms with Crippen LogP contribution in [0.3, 0.4) is 0 Å². The van der Waals surface area contributed by atoms with E-state index in [0.717, 1.165) is 24.0 Å². The fourth-order valence-electron chi connectivity index (χ4n) is 2.71. The Hall–Kier alpha value is -2.99.